The zero-order chi connectivity index (χ0) is 15.0. The van der Waals surface area contributed by atoms with E-state index >= 15 is 0 Å². The Bertz CT molecular complexity index is 805. The molecular weight excluding hydrogens is 336 g/mol. The Hall–Kier alpha value is -2.41. The van der Waals surface area contributed by atoms with Crippen molar-refractivity contribution in [2.45, 2.75) is 0 Å². The van der Waals surface area contributed by atoms with Gasteiger partial charge in [0.1, 0.15) is 11.3 Å². The van der Waals surface area contributed by atoms with Crippen LogP contribution in [0.1, 0.15) is 10.4 Å². The van der Waals surface area contributed by atoms with E-state index in [0.29, 0.717) is 11.4 Å². The molecule has 0 aliphatic carbocycles. The predicted molar refractivity (Wildman–Crippen MR) is 80.4 cm³/mol. The molecule has 0 fully saturated rings. The quantitative estimate of drug-likeness (QED) is 0.791. The third-order valence-corrected chi connectivity index (χ3v) is 3.63. The lowest BCUT2D eigenvalue weighted by molar-refractivity contribution is 0.0697. The van der Waals surface area contributed by atoms with Crippen molar-refractivity contribution < 1.29 is 9.90 Å². The van der Waals surface area contributed by atoms with Crippen molar-refractivity contribution >= 4 is 21.9 Å². The average molecular weight is 347 g/mol. The minimum Gasteiger partial charge on any atom is -0.478 e. The van der Waals surface area contributed by atoms with E-state index in [-0.39, 0.29) is 5.56 Å². The highest BCUT2D eigenvalue weighted by Crippen LogP contribution is 2.23. The number of aryl methyl sites for hydroxylation is 1. The molecule has 7 heteroatoms. The van der Waals surface area contributed by atoms with Crippen molar-refractivity contribution in [2.75, 3.05) is 0 Å². The first-order chi connectivity index (χ1) is 10.1. The van der Waals surface area contributed by atoms with Crippen LogP contribution >= 0.6 is 15.9 Å². The van der Waals surface area contributed by atoms with Gasteiger partial charge in [0.2, 0.25) is 0 Å². The summed E-state index contributed by atoms with van der Waals surface area (Å²) in [6, 6.07) is 9.20. The van der Waals surface area contributed by atoms with Gasteiger partial charge in [0.05, 0.1) is 11.4 Å². The molecule has 3 aromatic rings. The number of nitrogens with zero attached hydrogens (tertiary/aromatic N) is 4. The van der Waals surface area contributed by atoms with Crippen molar-refractivity contribution in [1.29, 1.82) is 0 Å². The van der Waals surface area contributed by atoms with Gasteiger partial charge in [-0.3, -0.25) is 4.68 Å². The van der Waals surface area contributed by atoms with Crippen LogP contribution in [0.4, 0.5) is 0 Å². The fraction of sp³-hybridized carbons (Fsp3) is 0.0714. The molecule has 0 aliphatic heterocycles. The second kappa shape index (κ2) is 5.17. The molecule has 0 amide bonds. The SMILES string of the molecule is Cn1nccc1-c1nn(-c2ccc(Br)cc2)cc1C(=O)O. The van der Waals surface area contributed by atoms with Crippen LogP contribution in [0.25, 0.3) is 17.1 Å². The van der Waals surface area contributed by atoms with Crippen molar-refractivity contribution in [1.82, 2.24) is 19.6 Å². The summed E-state index contributed by atoms with van der Waals surface area (Å²) in [7, 11) is 1.75. The molecule has 2 heterocycles. The number of aromatic nitrogens is 4. The number of hydrogen-bond donors (Lipinski definition) is 1. The molecule has 1 N–H and O–H groups in total. The third-order valence-electron chi connectivity index (χ3n) is 3.10. The van der Waals surface area contributed by atoms with Gasteiger partial charge in [0.25, 0.3) is 0 Å². The Morgan fingerprint density at radius 3 is 2.52 bits per heavy atom. The first-order valence-corrected chi connectivity index (χ1v) is 6.93. The molecule has 21 heavy (non-hydrogen) atoms. The first-order valence-electron chi connectivity index (χ1n) is 6.13. The van der Waals surface area contributed by atoms with E-state index in [4.69, 9.17) is 0 Å². The normalized spacial score (nSPS) is 10.8. The van der Waals surface area contributed by atoms with Crippen LogP contribution in [0.3, 0.4) is 0 Å². The number of aromatic carboxylic acids is 1. The molecule has 0 atom stereocenters. The maximum absolute atomic E-state index is 11.4. The van der Waals surface area contributed by atoms with Crippen LogP contribution in [-0.2, 0) is 7.05 Å². The lowest BCUT2D eigenvalue weighted by Gasteiger charge is -2.01. The van der Waals surface area contributed by atoms with E-state index < -0.39 is 5.97 Å². The molecule has 0 saturated heterocycles. The Kier molecular flexibility index (Phi) is 3.34. The maximum atomic E-state index is 11.4. The summed E-state index contributed by atoms with van der Waals surface area (Å²) < 4.78 is 4.10. The second-order valence-corrected chi connectivity index (χ2v) is 5.37. The van der Waals surface area contributed by atoms with Gasteiger partial charge in [0, 0.05) is 23.9 Å². The largest absolute Gasteiger partial charge is 0.478 e. The van der Waals surface area contributed by atoms with Crippen LogP contribution in [0, 0.1) is 0 Å². The van der Waals surface area contributed by atoms with Crippen LogP contribution in [0.2, 0.25) is 0 Å². The number of halogens is 1. The molecule has 6 nitrogen and oxygen atoms in total. The molecule has 0 spiro atoms. The summed E-state index contributed by atoms with van der Waals surface area (Å²) in [4.78, 5) is 11.4. The van der Waals surface area contributed by atoms with Crippen LogP contribution in [0.5, 0.6) is 0 Å². The van der Waals surface area contributed by atoms with Crippen LogP contribution in [-0.4, -0.2) is 30.6 Å². The average Bonchev–Trinajstić information content (AvgIpc) is 3.05. The molecule has 106 valence electrons. The molecule has 0 aliphatic rings. The number of rotatable bonds is 3. The van der Waals surface area contributed by atoms with Gasteiger partial charge in [-0.15, -0.1) is 0 Å². The predicted octanol–water partition coefficient (Wildman–Crippen LogP) is 2.73. The van der Waals surface area contributed by atoms with E-state index in [9.17, 15) is 9.90 Å². The van der Waals surface area contributed by atoms with Crippen molar-refractivity contribution in [3.05, 3.63) is 52.8 Å². The summed E-state index contributed by atoms with van der Waals surface area (Å²) in [5.74, 6) is -1.02. The van der Waals surface area contributed by atoms with Gasteiger partial charge in [-0.1, -0.05) is 15.9 Å². The molecule has 0 unspecified atom stereocenters. The summed E-state index contributed by atoms with van der Waals surface area (Å²) in [5.41, 5.74) is 1.98. The standard InChI is InChI=1S/C14H11BrN4O2/c1-18-12(6-7-16-18)13-11(14(20)21)8-19(17-13)10-4-2-9(15)3-5-10/h2-8H,1H3,(H,20,21). The maximum Gasteiger partial charge on any atom is 0.339 e. The van der Waals surface area contributed by atoms with Gasteiger partial charge in [0.15, 0.2) is 0 Å². The molecular formula is C14H11BrN4O2. The minimum atomic E-state index is -1.02. The highest BCUT2D eigenvalue weighted by molar-refractivity contribution is 9.10. The zero-order valence-corrected chi connectivity index (χ0v) is 12.6. The molecule has 0 saturated carbocycles. The topological polar surface area (TPSA) is 72.9 Å². The second-order valence-electron chi connectivity index (χ2n) is 4.46. The monoisotopic (exact) mass is 346 g/mol. The van der Waals surface area contributed by atoms with Crippen LogP contribution < -0.4 is 0 Å². The summed E-state index contributed by atoms with van der Waals surface area (Å²) in [6.07, 6.45) is 3.12. The molecule has 3 rings (SSSR count). The lowest BCUT2D eigenvalue weighted by atomic mass is 10.2. The number of carboxylic acid groups (broad SMARTS) is 1. The lowest BCUT2D eigenvalue weighted by Crippen LogP contribution is -2.00. The minimum absolute atomic E-state index is 0.140. The van der Waals surface area contributed by atoms with Gasteiger partial charge < -0.3 is 5.11 Å². The van der Waals surface area contributed by atoms with E-state index in [1.807, 2.05) is 24.3 Å². The third kappa shape index (κ3) is 2.47. The van der Waals surface area contributed by atoms with Gasteiger partial charge in [-0.05, 0) is 30.3 Å². The molecule has 0 bridgehead atoms. The van der Waals surface area contributed by atoms with Crippen molar-refractivity contribution in [3.63, 3.8) is 0 Å². The van der Waals surface area contributed by atoms with E-state index in [0.717, 1.165) is 10.2 Å². The molecule has 0 radical (unpaired) electrons. The Morgan fingerprint density at radius 2 is 1.95 bits per heavy atom. The zero-order valence-electron chi connectivity index (χ0n) is 11.1. The molecule has 1 aromatic carbocycles. The first kappa shape index (κ1) is 13.6. The number of hydrogen-bond acceptors (Lipinski definition) is 3. The van der Waals surface area contributed by atoms with E-state index in [1.54, 1.807) is 28.7 Å². The van der Waals surface area contributed by atoms with Gasteiger partial charge in [-0.25, -0.2) is 9.48 Å². The smallest absolute Gasteiger partial charge is 0.339 e. The summed E-state index contributed by atoms with van der Waals surface area (Å²) in [5, 5.41) is 17.8. The highest BCUT2D eigenvalue weighted by atomic mass is 79.9. The van der Waals surface area contributed by atoms with E-state index in [1.165, 1.54) is 6.20 Å². The Labute approximate surface area is 128 Å². The highest BCUT2D eigenvalue weighted by Gasteiger charge is 2.19. The molecule has 2 aromatic heterocycles. The fourth-order valence-electron chi connectivity index (χ4n) is 2.05. The van der Waals surface area contributed by atoms with Crippen LogP contribution in [0.15, 0.2) is 47.2 Å². The number of carboxylic acids is 1. The summed E-state index contributed by atoms with van der Waals surface area (Å²) >= 11 is 3.37. The van der Waals surface area contributed by atoms with Gasteiger partial charge in [-0.2, -0.15) is 10.2 Å². The number of benzene rings is 1. The summed E-state index contributed by atoms with van der Waals surface area (Å²) in [6.45, 7) is 0. The van der Waals surface area contributed by atoms with Gasteiger partial charge >= 0.3 is 5.97 Å². The number of carbonyl (C=O) groups is 1. The Balaban J connectivity index is 2.15. The Morgan fingerprint density at radius 1 is 1.24 bits per heavy atom. The fourth-order valence-corrected chi connectivity index (χ4v) is 2.32. The van der Waals surface area contributed by atoms with Crippen molar-refractivity contribution in [3.8, 4) is 17.1 Å². The van der Waals surface area contributed by atoms with Crippen molar-refractivity contribution in [2.24, 2.45) is 7.05 Å². The van der Waals surface area contributed by atoms with E-state index in [2.05, 4.69) is 26.1 Å².